The number of nitrogens with two attached hydrogens (primary N) is 1. The molecule has 0 fully saturated rings. The summed E-state index contributed by atoms with van der Waals surface area (Å²) in [5.41, 5.74) is 7.33. The molecule has 5 nitrogen and oxygen atoms in total. The predicted octanol–water partition coefficient (Wildman–Crippen LogP) is 2.95. The Bertz CT molecular complexity index is 614. The highest BCUT2D eigenvalue weighted by molar-refractivity contribution is 6.30. The Morgan fingerprint density at radius 2 is 1.90 bits per heavy atom. The topological polar surface area (TPSA) is 87.4 Å². The number of halogens is 1. The highest BCUT2D eigenvalue weighted by atomic mass is 35.5. The molecule has 0 aliphatic rings. The number of urea groups is 1. The molecule has 0 aromatic heterocycles. The lowest BCUT2D eigenvalue weighted by Crippen LogP contribution is -2.28. The lowest BCUT2D eigenvalue weighted by molar-refractivity contribution is 0.251. The van der Waals surface area contributed by atoms with E-state index in [0.29, 0.717) is 22.0 Å². The summed E-state index contributed by atoms with van der Waals surface area (Å²) >= 11 is 5.75. The Morgan fingerprint density at radius 3 is 2.60 bits per heavy atom. The van der Waals surface area contributed by atoms with Gasteiger partial charge in [-0.3, -0.25) is 0 Å². The molecule has 0 aliphatic heterocycles. The summed E-state index contributed by atoms with van der Waals surface area (Å²) in [6, 6.07) is 11.1. The second kappa shape index (κ2) is 6.16. The molecule has 2 amide bonds. The third kappa shape index (κ3) is 3.80. The Morgan fingerprint density at radius 1 is 1.20 bits per heavy atom. The number of nitrogens with one attached hydrogen (secondary N) is 2. The number of carbonyl (C=O) groups excluding carboxylic acids is 1. The van der Waals surface area contributed by atoms with Crippen molar-refractivity contribution < 1.29 is 9.90 Å². The van der Waals surface area contributed by atoms with E-state index < -0.39 is 0 Å². The second-order valence-corrected chi connectivity index (χ2v) is 4.64. The van der Waals surface area contributed by atoms with Crippen molar-refractivity contribution in [1.29, 1.82) is 0 Å². The summed E-state index contributed by atoms with van der Waals surface area (Å²) in [5, 5.41) is 15.5. The fraction of sp³-hybridized carbons (Fsp3) is 0.0714. The minimum Gasteiger partial charge on any atom is -0.508 e. The number of phenolic OH excluding ortho intramolecular Hbond substituents is 1. The van der Waals surface area contributed by atoms with Crippen LogP contribution in [0.3, 0.4) is 0 Å². The highest BCUT2D eigenvalue weighted by Gasteiger charge is 2.05. The SMILES string of the molecule is Nc1ccc(O)c(CNC(=O)Nc2ccc(Cl)cc2)c1. The van der Waals surface area contributed by atoms with Gasteiger partial charge < -0.3 is 21.5 Å². The number of anilines is 2. The lowest BCUT2D eigenvalue weighted by Gasteiger charge is -2.09. The monoisotopic (exact) mass is 291 g/mol. The summed E-state index contributed by atoms with van der Waals surface area (Å²) in [5.74, 6) is 0.0889. The number of rotatable bonds is 3. The number of benzene rings is 2. The van der Waals surface area contributed by atoms with Crippen LogP contribution in [-0.4, -0.2) is 11.1 Å². The first-order valence-electron chi connectivity index (χ1n) is 5.92. The highest BCUT2D eigenvalue weighted by Crippen LogP contribution is 2.19. The van der Waals surface area contributed by atoms with Gasteiger partial charge in [-0.2, -0.15) is 0 Å². The summed E-state index contributed by atoms with van der Waals surface area (Å²) in [7, 11) is 0. The van der Waals surface area contributed by atoms with Crippen LogP contribution in [0.5, 0.6) is 5.75 Å². The predicted molar refractivity (Wildman–Crippen MR) is 79.8 cm³/mol. The third-order valence-corrected chi connectivity index (χ3v) is 2.90. The normalized spacial score (nSPS) is 10.1. The molecule has 0 radical (unpaired) electrons. The molecular weight excluding hydrogens is 278 g/mol. The lowest BCUT2D eigenvalue weighted by atomic mass is 10.2. The summed E-state index contributed by atoms with van der Waals surface area (Å²) in [4.78, 5) is 11.7. The molecular formula is C14H14ClN3O2. The first kappa shape index (κ1) is 14.0. The van der Waals surface area contributed by atoms with E-state index in [-0.39, 0.29) is 18.3 Å². The van der Waals surface area contributed by atoms with Gasteiger partial charge in [0, 0.05) is 28.5 Å². The number of hydrogen-bond acceptors (Lipinski definition) is 3. The Hall–Kier alpha value is -2.40. The zero-order valence-electron chi connectivity index (χ0n) is 10.6. The molecule has 2 aromatic carbocycles. The van der Waals surface area contributed by atoms with E-state index in [2.05, 4.69) is 10.6 Å². The third-order valence-electron chi connectivity index (χ3n) is 2.65. The van der Waals surface area contributed by atoms with Gasteiger partial charge in [0.2, 0.25) is 0 Å². The Kier molecular flexibility index (Phi) is 4.32. The van der Waals surface area contributed by atoms with Gasteiger partial charge in [0.15, 0.2) is 0 Å². The van der Waals surface area contributed by atoms with Crippen LogP contribution in [0.2, 0.25) is 5.02 Å². The van der Waals surface area contributed by atoms with Crippen molar-refractivity contribution in [2.75, 3.05) is 11.1 Å². The standard InChI is InChI=1S/C14H14ClN3O2/c15-10-1-4-12(5-2-10)18-14(20)17-8-9-7-11(16)3-6-13(9)19/h1-7,19H,8,16H2,(H2,17,18,20). The smallest absolute Gasteiger partial charge is 0.319 e. The maximum atomic E-state index is 11.7. The minimum atomic E-state index is -0.380. The van der Waals surface area contributed by atoms with E-state index in [4.69, 9.17) is 17.3 Å². The molecule has 104 valence electrons. The number of aromatic hydroxyl groups is 1. The van der Waals surface area contributed by atoms with Crippen molar-refractivity contribution in [3.63, 3.8) is 0 Å². The Balaban J connectivity index is 1.92. The molecule has 5 N–H and O–H groups in total. The fourth-order valence-electron chi connectivity index (χ4n) is 1.63. The van der Waals surface area contributed by atoms with Crippen molar-refractivity contribution in [1.82, 2.24) is 5.32 Å². The average Bonchev–Trinajstić information content (AvgIpc) is 2.42. The van der Waals surface area contributed by atoms with Crippen LogP contribution in [0, 0.1) is 0 Å². The number of hydrogen-bond donors (Lipinski definition) is 4. The van der Waals surface area contributed by atoms with Gasteiger partial charge in [-0.15, -0.1) is 0 Å². The molecule has 0 aliphatic carbocycles. The van der Waals surface area contributed by atoms with Crippen molar-refractivity contribution in [3.8, 4) is 5.75 Å². The van der Waals surface area contributed by atoms with E-state index in [9.17, 15) is 9.90 Å². The molecule has 0 spiro atoms. The van der Waals surface area contributed by atoms with Crippen molar-refractivity contribution in [2.24, 2.45) is 0 Å². The largest absolute Gasteiger partial charge is 0.508 e. The van der Waals surface area contributed by atoms with E-state index in [1.807, 2.05) is 0 Å². The molecule has 0 saturated carbocycles. The van der Waals surface area contributed by atoms with Gasteiger partial charge in [0.25, 0.3) is 0 Å². The average molecular weight is 292 g/mol. The summed E-state index contributed by atoms with van der Waals surface area (Å²) < 4.78 is 0. The van der Waals surface area contributed by atoms with Gasteiger partial charge in [-0.25, -0.2) is 4.79 Å². The van der Waals surface area contributed by atoms with Crippen LogP contribution in [0.1, 0.15) is 5.56 Å². The van der Waals surface area contributed by atoms with E-state index in [1.165, 1.54) is 6.07 Å². The first-order chi connectivity index (χ1) is 9.54. The van der Waals surface area contributed by atoms with Crippen LogP contribution in [0.15, 0.2) is 42.5 Å². The minimum absolute atomic E-state index is 0.0889. The van der Waals surface area contributed by atoms with Gasteiger partial charge in [-0.1, -0.05) is 11.6 Å². The maximum absolute atomic E-state index is 11.7. The van der Waals surface area contributed by atoms with E-state index in [1.54, 1.807) is 36.4 Å². The number of amides is 2. The van der Waals surface area contributed by atoms with Gasteiger partial charge in [0.1, 0.15) is 5.75 Å². The van der Waals surface area contributed by atoms with Crippen molar-refractivity contribution in [3.05, 3.63) is 53.1 Å². The number of carbonyl (C=O) groups is 1. The quantitative estimate of drug-likeness (QED) is 0.518. The molecule has 20 heavy (non-hydrogen) atoms. The van der Waals surface area contributed by atoms with Crippen LogP contribution in [-0.2, 0) is 6.54 Å². The zero-order valence-corrected chi connectivity index (χ0v) is 11.3. The molecule has 0 heterocycles. The van der Waals surface area contributed by atoms with E-state index in [0.717, 1.165) is 0 Å². The number of phenols is 1. The van der Waals surface area contributed by atoms with E-state index >= 15 is 0 Å². The second-order valence-electron chi connectivity index (χ2n) is 4.20. The summed E-state index contributed by atoms with van der Waals surface area (Å²) in [6.07, 6.45) is 0. The van der Waals surface area contributed by atoms with Crippen molar-refractivity contribution >= 4 is 29.0 Å². The van der Waals surface area contributed by atoms with Gasteiger partial charge >= 0.3 is 6.03 Å². The number of nitrogen functional groups attached to an aromatic ring is 1. The van der Waals surface area contributed by atoms with Crippen LogP contribution in [0.4, 0.5) is 16.2 Å². The maximum Gasteiger partial charge on any atom is 0.319 e. The van der Waals surface area contributed by atoms with Gasteiger partial charge in [-0.05, 0) is 42.5 Å². The zero-order chi connectivity index (χ0) is 14.5. The first-order valence-corrected chi connectivity index (χ1v) is 6.30. The molecule has 0 atom stereocenters. The summed E-state index contributed by atoms with van der Waals surface area (Å²) in [6.45, 7) is 0.177. The Labute approximate surface area is 121 Å². The fourth-order valence-corrected chi connectivity index (χ4v) is 1.76. The van der Waals surface area contributed by atoms with Crippen LogP contribution < -0.4 is 16.4 Å². The van der Waals surface area contributed by atoms with Gasteiger partial charge in [0.05, 0.1) is 0 Å². The molecule has 2 aromatic rings. The molecule has 0 bridgehead atoms. The molecule has 0 saturated heterocycles. The van der Waals surface area contributed by atoms with Crippen LogP contribution in [0.25, 0.3) is 0 Å². The molecule has 6 heteroatoms. The van der Waals surface area contributed by atoms with Crippen LogP contribution >= 0.6 is 11.6 Å². The molecule has 0 unspecified atom stereocenters. The van der Waals surface area contributed by atoms with Crippen molar-refractivity contribution in [2.45, 2.75) is 6.54 Å². The molecule has 2 rings (SSSR count).